The molecule has 0 spiro atoms. The summed E-state index contributed by atoms with van der Waals surface area (Å²) < 4.78 is 0. The van der Waals surface area contributed by atoms with Crippen LogP contribution in [0.3, 0.4) is 0 Å². The van der Waals surface area contributed by atoms with Crippen molar-refractivity contribution in [2.24, 2.45) is 0 Å². The normalized spacial score (nSPS) is 10.4. The lowest BCUT2D eigenvalue weighted by molar-refractivity contribution is 0.0948. The highest BCUT2D eigenvalue weighted by atomic mass is 35.5. The second kappa shape index (κ2) is 7.22. The molecule has 6 heteroatoms. The largest absolute Gasteiger partial charge is 0.351 e. The molecule has 0 unspecified atom stereocenters. The summed E-state index contributed by atoms with van der Waals surface area (Å²) >= 11 is 6.11. The fourth-order valence-corrected chi connectivity index (χ4v) is 2.13. The van der Waals surface area contributed by atoms with Gasteiger partial charge in [0.1, 0.15) is 17.3 Å². The van der Waals surface area contributed by atoms with Gasteiger partial charge in [-0.15, -0.1) is 0 Å². The second-order valence-electron chi connectivity index (χ2n) is 4.98. The van der Waals surface area contributed by atoms with Crippen molar-refractivity contribution in [2.75, 3.05) is 11.9 Å². The summed E-state index contributed by atoms with van der Waals surface area (Å²) in [6.45, 7) is 6.30. The van der Waals surface area contributed by atoms with Gasteiger partial charge >= 0.3 is 0 Å². The molecule has 22 heavy (non-hydrogen) atoms. The van der Waals surface area contributed by atoms with Gasteiger partial charge in [0.25, 0.3) is 5.91 Å². The number of amides is 1. The first-order valence-corrected chi connectivity index (χ1v) is 7.55. The van der Waals surface area contributed by atoms with Crippen LogP contribution in [0.5, 0.6) is 0 Å². The van der Waals surface area contributed by atoms with E-state index >= 15 is 0 Å². The molecule has 0 aliphatic rings. The molecule has 0 aliphatic heterocycles. The lowest BCUT2D eigenvalue weighted by atomic mass is 10.2. The summed E-state index contributed by atoms with van der Waals surface area (Å²) in [5, 5.41) is 6.68. The Morgan fingerprint density at radius 2 is 2.05 bits per heavy atom. The predicted molar refractivity (Wildman–Crippen MR) is 88.9 cm³/mol. The zero-order valence-corrected chi connectivity index (χ0v) is 13.7. The van der Waals surface area contributed by atoms with Crippen LogP contribution in [0.15, 0.2) is 24.3 Å². The molecule has 5 nitrogen and oxygen atoms in total. The number of hydrogen-bond acceptors (Lipinski definition) is 4. The zero-order valence-electron chi connectivity index (χ0n) is 12.9. The first kappa shape index (κ1) is 16.2. The molecule has 0 saturated heterocycles. The summed E-state index contributed by atoms with van der Waals surface area (Å²) in [7, 11) is 0. The summed E-state index contributed by atoms with van der Waals surface area (Å²) in [4.78, 5) is 20.5. The number of benzene rings is 1. The van der Waals surface area contributed by atoms with Crippen LogP contribution in [0, 0.1) is 13.8 Å². The molecule has 0 atom stereocenters. The van der Waals surface area contributed by atoms with E-state index in [0.29, 0.717) is 28.9 Å². The standard InChI is InChI=1S/C16H19ClN4O/c1-4-8-18-16(22)14-9-15(20-11(3)19-14)21-13-7-5-6-12(17)10(13)2/h5-7,9H,4,8H2,1-3H3,(H,18,22)(H,19,20,21). The molecule has 0 aliphatic carbocycles. The quantitative estimate of drug-likeness (QED) is 0.883. The molecule has 1 heterocycles. The molecule has 0 fully saturated rings. The Labute approximate surface area is 135 Å². The summed E-state index contributed by atoms with van der Waals surface area (Å²) in [5.41, 5.74) is 2.13. The van der Waals surface area contributed by atoms with Gasteiger partial charge < -0.3 is 10.6 Å². The molecular weight excluding hydrogens is 300 g/mol. The van der Waals surface area contributed by atoms with E-state index in [9.17, 15) is 4.79 Å². The van der Waals surface area contributed by atoms with Gasteiger partial charge in [-0.1, -0.05) is 24.6 Å². The van der Waals surface area contributed by atoms with Gasteiger partial charge in [-0.05, 0) is 38.0 Å². The Morgan fingerprint density at radius 3 is 2.77 bits per heavy atom. The van der Waals surface area contributed by atoms with Crippen molar-refractivity contribution in [3.8, 4) is 0 Å². The first-order chi connectivity index (χ1) is 10.5. The molecule has 116 valence electrons. The van der Waals surface area contributed by atoms with Gasteiger partial charge in [0.05, 0.1) is 0 Å². The third kappa shape index (κ3) is 3.95. The number of halogens is 1. The number of hydrogen-bond donors (Lipinski definition) is 2. The van der Waals surface area contributed by atoms with E-state index in [-0.39, 0.29) is 5.91 Å². The minimum absolute atomic E-state index is 0.196. The molecule has 0 radical (unpaired) electrons. The Bertz CT molecular complexity index is 688. The van der Waals surface area contributed by atoms with Crippen LogP contribution >= 0.6 is 11.6 Å². The number of anilines is 2. The topological polar surface area (TPSA) is 66.9 Å². The van der Waals surface area contributed by atoms with Gasteiger partial charge in [0.15, 0.2) is 0 Å². The van der Waals surface area contributed by atoms with Gasteiger partial charge in [-0.2, -0.15) is 0 Å². The number of carbonyl (C=O) groups is 1. The molecule has 2 N–H and O–H groups in total. The van der Waals surface area contributed by atoms with Crippen LogP contribution in [0.25, 0.3) is 0 Å². The maximum absolute atomic E-state index is 12.0. The highest BCUT2D eigenvalue weighted by molar-refractivity contribution is 6.31. The van der Waals surface area contributed by atoms with Crippen molar-refractivity contribution >= 4 is 29.0 Å². The van der Waals surface area contributed by atoms with E-state index in [1.807, 2.05) is 32.0 Å². The predicted octanol–water partition coefficient (Wildman–Crippen LogP) is 3.63. The number of aryl methyl sites for hydroxylation is 1. The van der Waals surface area contributed by atoms with Crippen molar-refractivity contribution in [1.82, 2.24) is 15.3 Å². The fourth-order valence-electron chi connectivity index (χ4n) is 1.96. The summed E-state index contributed by atoms with van der Waals surface area (Å²) in [6.07, 6.45) is 0.878. The van der Waals surface area contributed by atoms with Crippen molar-refractivity contribution < 1.29 is 4.79 Å². The zero-order chi connectivity index (χ0) is 16.1. The lowest BCUT2D eigenvalue weighted by Gasteiger charge is -2.11. The Balaban J connectivity index is 2.26. The number of rotatable bonds is 5. The molecule has 0 saturated carbocycles. The van der Waals surface area contributed by atoms with Crippen molar-refractivity contribution in [3.63, 3.8) is 0 Å². The second-order valence-corrected chi connectivity index (χ2v) is 5.39. The van der Waals surface area contributed by atoms with E-state index in [1.165, 1.54) is 0 Å². The van der Waals surface area contributed by atoms with Crippen molar-refractivity contribution in [1.29, 1.82) is 0 Å². The van der Waals surface area contributed by atoms with E-state index in [0.717, 1.165) is 17.7 Å². The average molecular weight is 319 g/mol. The maximum Gasteiger partial charge on any atom is 0.270 e. The number of carbonyl (C=O) groups excluding carboxylic acids is 1. The van der Waals surface area contributed by atoms with Gasteiger partial charge in [-0.25, -0.2) is 9.97 Å². The first-order valence-electron chi connectivity index (χ1n) is 7.17. The van der Waals surface area contributed by atoms with E-state index in [4.69, 9.17) is 11.6 Å². The summed E-state index contributed by atoms with van der Waals surface area (Å²) in [6, 6.07) is 7.24. The maximum atomic E-state index is 12.0. The molecule has 1 aromatic carbocycles. The molecule has 1 amide bonds. The Hall–Kier alpha value is -2.14. The van der Waals surface area contributed by atoms with Crippen molar-refractivity contribution in [2.45, 2.75) is 27.2 Å². The SMILES string of the molecule is CCCNC(=O)c1cc(Nc2cccc(Cl)c2C)nc(C)n1. The van der Waals surface area contributed by atoms with E-state index in [1.54, 1.807) is 13.0 Å². The Kier molecular flexibility index (Phi) is 5.33. The van der Waals surface area contributed by atoms with E-state index in [2.05, 4.69) is 20.6 Å². The molecular formula is C16H19ClN4O. The average Bonchev–Trinajstić information content (AvgIpc) is 2.49. The van der Waals surface area contributed by atoms with Crippen LogP contribution in [0.4, 0.5) is 11.5 Å². The van der Waals surface area contributed by atoms with Gasteiger partial charge in [0.2, 0.25) is 0 Å². The van der Waals surface area contributed by atoms with Crippen LogP contribution in [0.2, 0.25) is 5.02 Å². The van der Waals surface area contributed by atoms with Gasteiger partial charge in [0, 0.05) is 23.3 Å². The minimum Gasteiger partial charge on any atom is -0.351 e. The lowest BCUT2D eigenvalue weighted by Crippen LogP contribution is -2.25. The van der Waals surface area contributed by atoms with Crippen molar-refractivity contribution in [3.05, 3.63) is 46.4 Å². The third-order valence-electron chi connectivity index (χ3n) is 3.14. The number of nitrogens with zero attached hydrogens (tertiary/aromatic N) is 2. The molecule has 0 bridgehead atoms. The number of aromatic nitrogens is 2. The van der Waals surface area contributed by atoms with E-state index < -0.39 is 0 Å². The Morgan fingerprint density at radius 1 is 1.27 bits per heavy atom. The molecule has 2 aromatic rings. The van der Waals surface area contributed by atoms with Gasteiger partial charge in [-0.3, -0.25) is 4.79 Å². The highest BCUT2D eigenvalue weighted by Crippen LogP contribution is 2.25. The van der Waals surface area contributed by atoms with Crippen LogP contribution in [-0.2, 0) is 0 Å². The van der Waals surface area contributed by atoms with Crippen LogP contribution in [0.1, 0.15) is 35.2 Å². The third-order valence-corrected chi connectivity index (χ3v) is 3.55. The highest BCUT2D eigenvalue weighted by Gasteiger charge is 2.11. The minimum atomic E-state index is -0.196. The smallest absolute Gasteiger partial charge is 0.270 e. The fraction of sp³-hybridized carbons (Fsp3) is 0.312. The van der Waals surface area contributed by atoms with Crippen LogP contribution in [-0.4, -0.2) is 22.4 Å². The number of nitrogens with one attached hydrogen (secondary N) is 2. The monoisotopic (exact) mass is 318 g/mol. The van der Waals surface area contributed by atoms with Crippen LogP contribution < -0.4 is 10.6 Å². The summed E-state index contributed by atoms with van der Waals surface area (Å²) in [5.74, 6) is 0.907. The molecule has 2 rings (SSSR count). The molecule has 1 aromatic heterocycles.